The van der Waals surface area contributed by atoms with Crippen LogP contribution < -0.4 is 15.4 Å². The van der Waals surface area contributed by atoms with E-state index in [4.69, 9.17) is 9.47 Å². The Balaban J connectivity index is 1.96. The summed E-state index contributed by atoms with van der Waals surface area (Å²) in [6.45, 7) is 7.95. The van der Waals surface area contributed by atoms with Crippen molar-refractivity contribution in [3.63, 3.8) is 0 Å². The van der Waals surface area contributed by atoms with Crippen LogP contribution in [0.4, 0.5) is 10.5 Å². The number of aryl methyl sites for hydroxylation is 2. The molecule has 0 saturated heterocycles. The zero-order valence-electron chi connectivity index (χ0n) is 15.5. The molecule has 2 aromatic carbocycles. The summed E-state index contributed by atoms with van der Waals surface area (Å²) in [6.07, 6.45) is 0. The number of esters is 1. The molecule has 0 aromatic heterocycles. The van der Waals surface area contributed by atoms with E-state index in [2.05, 4.69) is 10.6 Å². The number of para-hydroxylation sites is 1. The molecular formula is C20H24N2O4. The molecule has 0 radical (unpaired) electrons. The summed E-state index contributed by atoms with van der Waals surface area (Å²) in [7, 11) is 0. The second-order valence-electron chi connectivity index (χ2n) is 5.84. The molecule has 26 heavy (non-hydrogen) atoms. The van der Waals surface area contributed by atoms with Gasteiger partial charge in [0.1, 0.15) is 5.75 Å². The molecule has 0 atom stereocenters. The second kappa shape index (κ2) is 8.89. The molecule has 2 aromatic rings. The lowest BCUT2D eigenvalue weighted by Gasteiger charge is -2.15. The number of hydrogen-bond acceptors (Lipinski definition) is 4. The van der Waals surface area contributed by atoms with Gasteiger partial charge in [-0.15, -0.1) is 0 Å². The van der Waals surface area contributed by atoms with Crippen molar-refractivity contribution in [1.29, 1.82) is 0 Å². The highest BCUT2D eigenvalue weighted by atomic mass is 16.5. The van der Waals surface area contributed by atoms with Gasteiger partial charge in [0.15, 0.2) is 6.73 Å². The van der Waals surface area contributed by atoms with Crippen LogP contribution in [0.1, 0.15) is 34.0 Å². The van der Waals surface area contributed by atoms with E-state index in [1.54, 1.807) is 31.2 Å². The van der Waals surface area contributed by atoms with E-state index >= 15 is 0 Å². The summed E-state index contributed by atoms with van der Waals surface area (Å²) < 4.78 is 10.7. The summed E-state index contributed by atoms with van der Waals surface area (Å²) in [5.74, 6) is 0.280. The highest BCUT2D eigenvalue weighted by Crippen LogP contribution is 2.25. The number of amides is 2. The highest BCUT2D eigenvalue weighted by molar-refractivity contribution is 6.00. The van der Waals surface area contributed by atoms with Gasteiger partial charge in [-0.25, -0.2) is 9.59 Å². The van der Waals surface area contributed by atoms with Gasteiger partial charge in [-0.3, -0.25) is 0 Å². The predicted octanol–water partition coefficient (Wildman–Crippen LogP) is 3.95. The number of carbonyl (C=O) groups excluding carboxylic acids is 2. The van der Waals surface area contributed by atoms with Crippen molar-refractivity contribution in [1.82, 2.24) is 5.32 Å². The molecule has 6 nitrogen and oxygen atoms in total. The summed E-state index contributed by atoms with van der Waals surface area (Å²) in [5.41, 5.74) is 3.85. The minimum atomic E-state index is -0.481. The number of nitrogens with one attached hydrogen (secondary N) is 2. The van der Waals surface area contributed by atoms with Gasteiger partial charge in [-0.1, -0.05) is 24.3 Å². The van der Waals surface area contributed by atoms with Gasteiger partial charge in [0.05, 0.1) is 17.9 Å². The van der Waals surface area contributed by atoms with Crippen molar-refractivity contribution in [2.24, 2.45) is 0 Å². The third-order valence-electron chi connectivity index (χ3n) is 3.99. The average molecular weight is 356 g/mol. The molecule has 0 heterocycles. The normalized spacial score (nSPS) is 10.2. The molecule has 6 heteroatoms. The van der Waals surface area contributed by atoms with E-state index in [-0.39, 0.29) is 13.3 Å². The van der Waals surface area contributed by atoms with Crippen LogP contribution in [-0.4, -0.2) is 25.3 Å². The molecule has 138 valence electrons. The Bertz CT molecular complexity index is 802. The minimum absolute atomic E-state index is 0.0124. The summed E-state index contributed by atoms with van der Waals surface area (Å²) >= 11 is 0. The Labute approximate surface area is 153 Å². The maximum Gasteiger partial charge on any atom is 0.340 e. The van der Waals surface area contributed by atoms with Crippen LogP contribution in [0, 0.1) is 20.8 Å². The monoisotopic (exact) mass is 356 g/mol. The summed E-state index contributed by atoms with van der Waals surface area (Å²) in [4.78, 5) is 24.1. The molecule has 0 saturated carbocycles. The lowest BCUT2D eigenvalue weighted by molar-refractivity contribution is 0.0527. The lowest BCUT2D eigenvalue weighted by Crippen LogP contribution is -2.32. The topological polar surface area (TPSA) is 76.7 Å². The number of anilines is 1. The quantitative estimate of drug-likeness (QED) is 0.607. The van der Waals surface area contributed by atoms with Crippen LogP contribution in [0.15, 0.2) is 36.4 Å². The van der Waals surface area contributed by atoms with Gasteiger partial charge in [0, 0.05) is 0 Å². The zero-order chi connectivity index (χ0) is 19.1. The third kappa shape index (κ3) is 4.75. The maximum absolute atomic E-state index is 12.1. The van der Waals surface area contributed by atoms with Crippen molar-refractivity contribution in [2.75, 3.05) is 18.7 Å². The standard InChI is InChI=1S/C20H24N2O4/c1-5-25-19(23)16-8-6-7-9-17(16)22-20(24)21-12-26-18-14(3)11-10-13(2)15(18)4/h6-11H,5,12H2,1-4H3,(H2,21,22,24). The van der Waals surface area contributed by atoms with Gasteiger partial charge < -0.3 is 20.1 Å². The first kappa shape index (κ1) is 19.3. The molecule has 2 amide bonds. The summed E-state index contributed by atoms with van der Waals surface area (Å²) in [6, 6.07) is 10.2. The van der Waals surface area contributed by atoms with Crippen LogP contribution >= 0.6 is 0 Å². The van der Waals surface area contributed by atoms with Gasteiger partial charge in [0.25, 0.3) is 0 Å². The first-order valence-corrected chi connectivity index (χ1v) is 8.44. The van der Waals surface area contributed by atoms with Crippen LogP contribution in [0.3, 0.4) is 0 Å². The van der Waals surface area contributed by atoms with Crippen LogP contribution in [0.5, 0.6) is 5.75 Å². The van der Waals surface area contributed by atoms with E-state index in [1.165, 1.54) is 0 Å². The molecule has 0 aliphatic carbocycles. The fourth-order valence-corrected chi connectivity index (χ4v) is 2.47. The van der Waals surface area contributed by atoms with Crippen molar-refractivity contribution in [3.05, 3.63) is 58.7 Å². The Morgan fingerprint density at radius 3 is 2.42 bits per heavy atom. The van der Waals surface area contributed by atoms with Gasteiger partial charge >= 0.3 is 12.0 Å². The number of carbonyl (C=O) groups is 2. The van der Waals surface area contributed by atoms with Crippen LogP contribution in [-0.2, 0) is 4.74 Å². The predicted molar refractivity (Wildman–Crippen MR) is 101 cm³/mol. The Morgan fingerprint density at radius 1 is 1.00 bits per heavy atom. The van der Waals surface area contributed by atoms with Crippen LogP contribution in [0.25, 0.3) is 0 Å². The molecule has 2 N–H and O–H groups in total. The number of benzene rings is 2. The molecular weight excluding hydrogens is 332 g/mol. The zero-order valence-corrected chi connectivity index (χ0v) is 15.5. The average Bonchev–Trinajstić information content (AvgIpc) is 2.62. The minimum Gasteiger partial charge on any atom is -0.473 e. The third-order valence-corrected chi connectivity index (χ3v) is 3.99. The Hall–Kier alpha value is -3.02. The maximum atomic E-state index is 12.1. The second-order valence-corrected chi connectivity index (χ2v) is 5.84. The Kier molecular flexibility index (Phi) is 6.60. The van der Waals surface area contributed by atoms with E-state index in [1.807, 2.05) is 32.9 Å². The van der Waals surface area contributed by atoms with Crippen molar-refractivity contribution < 1.29 is 19.1 Å². The first-order chi connectivity index (χ1) is 12.4. The fourth-order valence-electron chi connectivity index (χ4n) is 2.47. The van der Waals surface area contributed by atoms with E-state index in [9.17, 15) is 9.59 Å². The largest absolute Gasteiger partial charge is 0.473 e. The number of ether oxygens (including phenoxy) is 2. The number of rotatable bonds is 6. The fraction of sp³-hybridized carbons (Fsp3) is 0.300. The molecule has 0 aliphatic heterocycles. The smallest absolute Gasteiger partial charge is 0.340 e. The van der Waals surface area contributed by atoms with Crippen molar-refractivity contribution in [3.8, 4) is 5.75 Å². The van der Waals surface area contributed by atoms with Crippen LogP contribution in [0.2, 0.25) is 0 Å². The SMILES string of the molecule is CCOC(=O)c1ccccc1NC(=O)NCOc1c(C)ccc(C)c1C. The molecule has 0 spiro atoms. The van der Waals surface area contributed by atoms with Crippen molar-refractivity contribution in [2.45, 2.75) is 27.7 Å². The van der Waals surface area contributed by atoms with Gasteiger partial charge in [0.2, 0.25) is 0 Å². The molecule has 2 rings (SSSR count). The van der Waals surface area contributed by atoms with Gasteiger partial charge in [-0.2, -0.15) is 0 Å². The molecule has 0 aliphatic rings. The highest BCUT2D eigenvalue weighted by Gasteiger charge is 2.14. The van der Waals surface area contributed by atoms with E-state index in [0.29, 0.717) is 11.3 Å². The molecule has 0 fully saturated rings. The van der Waals surface area contributed by atoms with Gasteiger partial charge in [-0.05, 0) is 56.5 Å². The number of hydrogen-bond donors (Lipinski definition) is 2. The lowest BCUT2D eigenvalue weighted by atomic mass is 10.1. The molecule has 0 unspecified atom stereocenters. The van der Waals surface area contributed by atoms with E-state index in [0.717, 1.165) is 22.4 Å². The summed E-state index contributed by atoms with van der Waals surface area (Å²) in [5, 5.41) is 5.27. The number of urea groups is 1. The van der Waals surface area contributed by atoms with E-state index < -0.39 is 12.0 Å². The molecule has 0 bridgehead atoms. The van der Waals surface area contributed by atoms with Crippen molar-refractivity contribution >= 4 is 17.7 Å². The first-order valence-electron chi connectivity index (χ1n) is 8.44. The Morgan fingerprint density at radius 2 is 1.69 bits per heavy atom.